The van der Waals surface area contributed by atoms with E-state index >= 15 is 0 Å². The first kappa shape index (κ1) is 18.8. The molecule has 0 saturated carbocycles. The number of amides is 2. The topological polar surface area (TPSA) is 46.6 Å². The molecule has 132 valence electrons. The van der Waals surface area contributed by atoms with E-state index in [9.17, 15) is 9.59 Å². The van der Waals surface area contributed by atoms with Gasteiger partial charge in [-0.3, -0.25) is 4.79 Å². The van der Waals surface area contributed by atoms with Crippen molar-refractivity contribution in [3.05, 3.63) is 48.0 Å². The second-order valence-corrected chi connectivity index (χ2v) is 6.09. The van der Waals surface area contributed by atoms with Gasteiger partial charge in [-0.1, -0.05) is 68.4 Å². The molecule has 25 heavy (non-hydrogen) atoms. The van der Waals surface area contributed by atoms with Crippen molar-refractivity contribution in [3.8, 4) is 11.8 Å². The molecule has 0 aliphatic carbocycles. The maximum absolute atomic E-state index is 12.3. The zero-order valence-electron chi connectivity index (χ0n) is 14.7. The van der Waals surface area contributed by atoms with E-state index in [4.69, 9.17) is 4.74 Å². The highest BCUT2D eigenvalue weighted by molar-refractivity contribution is 6.00. The van der Waals surface area contributed by atoms with Crippen molar-refractivity contribution >= 4 is 12.0 Å². The van der Waals surface area contributed by atoms with Crippen LogP contribution in [0, 0.1) is 11.8 Å². The van der Waals surface area contributed by atoms with Crippen molar-refractivity contribution in [2.45, 2.75) is 51.5 Å². The molecule has 2 rings (SSSR count). The number of hydrogen-bond donors (Lipinski definition) is 0. The quantitative estimate of drug-likeness (QED) is 0.427. The predicted octanol–water partition coefficient (Wildman–Crippen LogP) is 4.11. The minimum Gasteiger partial charge on any atom is -0.447 e. The first-order valence-electron chi connectivity index (χ1n) is 8.91. The molecular formula is C21H25NO3. The minimum absolute atomic E-state index is 0.233. The van der Waals surface area contributed by atoms with Crippen LogP contribution in [0.3, 0.4) is 0 Å². The number of allylic oxidation sites excluding steroid dienone is 1. The Morgan fingerprint density at radius 1 is 1.28 bits per heavy atom. The lowest BCUT2D eigenvalue weighted by atomic mass is 10.1. The second kappa shape index (κ2) is 10.4. The summed E-state index contributed by atoms with van der Waals surface area (Å²) >= 11 is 0. The molecule has 0 aromatic heterocycles. The highest BCUT2D eigenvalue weighted by Gasteiger charge is 2.36. The summed E-state index contributed by atoms with van der Waals surface area (Å²) in [7, 11) is 0. The Hall–Kier alpha value is -2.54. The lowest BCUT2D eigenvalue weighted by Crippen LogP contribution is -2.39. The van der Waals surface area contributed by atoms with Crippen LogP contribution in [0.2, 0.25) is 0 Å². The number of ether oxygens (including phenoxy) is 1. The van der Waals surface area contributed by atoms with Crippen molar-refractivity contribution in [3.63, 3.8) is 0 Å². The normalized spacial score (nSPS) is 16.6. The summed E-state index contributed by atoms with van der Waals surface area (Å²) in [6, 6.07) is 9.50. The Bertz CT molecular complexity index is 655. The minimum atomic E-state index is -0.580. The maximum Gasteiger partial charge on any atom is 0.417 e. The number of cyclic esters (lactones) is 1. The van der Waals surface area contributed by atoms with E-state index in [-0.39, 0.29) is 18.6 Å². The van der Waals surface area contributed by atoms with E-state index in [1.54, 1.807) is 0 Å². The van der Waals surface area contributed by atoms with Gasteiger partial charge in [0.15, 0.2) is 0 Å². The van der Waals surface area contributed by atoms with E-state index in [1.807, 2.05) is 30.3 Å². The molecule has 1 fully saturated rings. The molecule has 1 aromatic carbocycles. The molecule has 0 bridgehead atoms. The van der Waals surface area contributed by atoms with Gasteiger partial charge in [0.05, 0.1) is 6.04 Å². The van der Waals surface area contributed by atoms with Crippen molar-refractivity contribution in [2.24, 2.45) is 0 Å². The number of carbonyl (C=O) groups excluding carboxylic acids is 2. The Morgan fingerprint density at radius 3 is 2.84 bits per heavy atom. The van der Waals surface area contributed by atoms with E-state index in [0.717, 1.165) is 18.4 Å². The predicted molar refractivity (Wildman–Crippen MR) is 97.8 cm³/mol. The molecule has 4 heteroatoms. The summed E-state index contributed by atoms with van der Waals surface area (Å²) in [6.45, 7) is 2.41. The summed E-state index contributed by atoms with van der Waals surface area (Å²) in [5.41, 5.74) is 1.07. The largest absolute Gasteiger partial charge is 0.447 e. The number of imide groups is 1. The number of hydrogen-bond acceptors (Lipinski definition) is 3. The van der Waals surface area contributed by atoms with Gasteiger partial charge in [-0.05, 0) is 24.5 Å². The van der Waals surface area contributed by atoms with Gasteiger partial charge in [-0.2, -0.15) is 0 Å². The van der Waals surface area contributed by atoms with Crippen LogP contribution in [0.15, 0.2) is 42.5 Å². The smallest absolute Gasteiger partial charge is 0.417 e. The molecule has 1 heterocycles. The molecule has 1 saturated heterocycles. The summed E-state index contributed by atoms with van der Waals surface area (Å²) in [4.78, 5) is 25.4. The first-order valence-corrected chi connectivity index (χ1v) is 8.91. The Balaban J connectivity index is 1.86. The SMILES string of the molecule is CCCCCCC#C/C=C/C(=O)N1C(=O)OC[C@H]1Cc1ccccc1. The van der Waals surface area contributed by atoms with Crippen molar-refractivity contribution < 1.29 is 14.3 Å². The van der Waals surface area contributed by atoms with Crippen LogP contribution in [0.25, 0.3) is 0 Å². The molecule has 2 amide bonds. The molecule has 1 atom stereocenters. The Kier molecular flexibility index (Phi) is 7.78. The number of nitrogens with zero attached hydrogens (tertiary/aromatic N) is 1. The van der Waals surface area contributed by atoms with Gasteiger partial charge in [0, 0.05) is 12.5 Å². The second-order valence-electron chi connectivity index (χ2n) is 6.09. The van der Waals surface area contributed by atoms with Gasteiger partial charge in [-0.15, -0.1) is 0 Å². The van der Waals surface area contributed by atoms with E-state index in [0.29, 0.717) is 6.42 Å². The molecule has 1 aliphatic heterocycles. The summed E-state index contributed by atoms with van der Waals surface area (Å²) in [5, 5.41) is 0. The average molecular weight is 339 g/mol. The van der Waals surface area contributed by atoms with Crippen LogP contribution in [0.1, 0.15) is 44.6 Å². The Labute approximate surface area is 149 Å². The van der Waals surface area contributed by atoms with E-state index in [1.165, 1.54) is 36.3 Å². The number of carbonyl (C=O) groups is 2. The third-order valence-electron chi connectivity index (χ3n) is 4.08. The fourth-order valence-electron chi connectivity index (χ4n) is 2.73. The monoisotopic (exact) mass is 339 g/mol. The lowest BCUT2D eigenvalue weighted by Gasteiger charge is -2.17. The summed E-state index contributed by atoms with van der Waals surface area (Å²) in [6.07, 6.45) is 8.43. The van der Waals surface area contributed by atoms with Gasteiger partial charge in [0.1, 0.15) is 6.61 Å². The van der Waals surface area contributed by atoms with Crippen LogP contribution >= 0.6 is 0 Å². The molecular weight excluding hydrogens is 314 g/mol. The van der Waals surface area contributed by atoms with Crippen LogP contribution in [0.5, 0.6) is 0 Å². The van der Waals surface area contributed by atoms with Crippen LogP contribution in [-0.2, 0) is 16.0 Å². The average Bonchev–Trinajstić information content (AvgIpc) is 2.98. The summed E-state index contributed by atoms with van der Waals surface area (Å²) < 4.78 is 5.05. The zero-order valence-corrected chi connectivity index (χ0v) is 14.7. The molecule has 0 N–H and O–H groups in total. The number of benzene rings is 1. The third-order valence-corrected chi connectivity index (χ3v) is 4.08. The molecule has 0 unspecified atom stereocenters. The van der Waals surface area contributed by atoms with Gasteiger partial charge < -0.3 is 4.74 Å². The van der Waals surface area contributed by atoms with Crippen LogP contribution < -0.4 is 0 Å². The van der Waals surface area contributed by atoms with E-state index in [2.05, 4.69) is 18.8 Å². The van der Waals surface area contributed by atoms with Gasteiger partial charge in [-0.25, -0.2) is 9.69 Å². The first-order chi connectivity index (χ1) is 12.2. The van der Waals surface area contributed by atoms with Crippen LogP contribution in [0.4, 0.5) is 4.79 Å². The van der Waals surface area contributed by atoms with Gasteiger partial charge >= 0.3 is 6.09 Å². The standard InChI is InChI=1S/C21H25NO3/c1-2-3-4-5-6-7-8-12-15-20(23)22-19(17-25-21(22)24)16-18-13-10-9-11-14-18/h9-15,19H,2-6,16-17H2,1H3/b15-12+/t19-/m1/s1. The van der Waals surface area contributed by atoms with Crippen LogP contribution in [-0.4, -0.2) is 29.5 Å². The number of unbranched alkanes of at least 4 members (excludes halogenated alkanes) is 4. The molecule has 0 spiro atoms. The maximum atomic E-state index is 12.3. The van der Waals surface area contributed by atoms with Crippen molar-refractivity contribution in [1.82, 2.24) is 4.90 Å². The highest BCUT2D eigenvalue weighted by Crippen LogP contribution is 2.17. The number of rotatable bonds is 7. The fourth-order valence-corrected chi connectivity index (χ4v) is 2.73. The third kappa shape index (κ3) is 6.11. The fraction of sp³-hybridized carbons (Fsp3) is 0.429. The van der Waals surface area contributed by atoms with E-state index < -0.39 is 6.09 Å². The summed E-state index contributed by atoms with van der Waals surface area (Å²) in [5.74, 6) is 5.52. The van der Waals surface area contributed by atoms with Crippen molar-refractivity contribution in [1.29, 1.82) is 0 Å². The van der Waals surface area contributed by atoms with Gasteiger partial charge in [0.2, 0.25) is 0 Å². The molecule has 0 radical (unpaired) electrons. The molecule has 1 aliphatic rings. The highest BCUT2D eigenvalue weighted by atomic mass is 16.6. The Morgan fingerprint density at radius 2 is 2.08 bits per heavy atom. The zero-order chi connectivity index (χ0) is 17.9. The molecule has 1 aromatic rings. The van der Waals surface area contributed by atoms with Crippen molar-refractivity contribution in [2.75, 3.05) is 6.61 Å². The van der Waals surface area contributed by atoms with Gasteiger partial charge in [0.25, 0.3) is 5.91 Å². The molecule has 4 nitrogen and oxygen atoms in total. The lowest BCUT2D eigenvalue weighted by molar-refractivity contribution is -0.124.